The highest BCUT2D eigenvalue weighted by molar-refractivity contribution is 6.65. The highest BCUT2D eigenvalue weighted by Gasteiger charge is 2.27. The highest BCUT2D eigenvalue weighted by atomic mass is 28.4. The summed E-state index contributed by atoms with van der Waals surface area (Å²) >= 11 is 0. The van der Waals surface area contributed by atoms with Gasteiger partial charge in [-0.15, -0.1) is 0 Å². The second-order valence-electron chi connectivity index (χ2n) is 4.74. The van der Waals surface area contributed by atoms with Crippen molar-refractivity contribution in [1.82, 2.24) is 10.6 Å². The molecule has 1 aromatic rings. The predicted octanol–water partition coefficient (Wildman–Crippen LogP) is 2.24. The molecule has 0 saturated carbocycles. The van der Waals surface area contributed by atoms with Gasteiger partial charge in [0.15, 0.2) is 0 Å². The largest absolute Gasteiger partial charge is 0.398 e. The van der Waals surface area contributed by atoms with Gasteiger partial charge in [0.25, 0.3) is 0 Å². The van der Waals surface area contributed by atoms with Crippen LogP contribution < -0.4 is 10.6 Å². The number of benzene rings is 1. The lowest BCUT2D eigenvalue weighted by Crippen LogP contribution is -2.39. The van der Waals surface area contributed by atoms with Crippen LogP contribution >= 0.6 is 0 Å². The number of hydrogen-bond acceptors (Lipinski definition) is 3. The average molecular weight is 296 g/mol. The monoisotopic (exact) mass is 296 g/mol. The third-order valence-corrected chi connectivity index (χ3v) is 6.24. The van der Waals surface area contributed by atoms with Gasteiger partial charge in [0.2, 0.25) is 0 Å². The molecule has 0 heterocycles. The summed E-state index contributed by atoms with van der Waals surface area (Å²) in [7, 11) is 1.34. The first-order chi connectivity index (χ1) is 9.59. The second kappa shape index (κ2) is 8.73. The summed E-state index contributed by atoms with van der Waals surface area (Å²) in [5.41, 5.74) is 1.08. The van der Waals surface area contributed by atoms with Gasteiger partial charge in [0.1, 0.15) is 0 Å². The summed E-state index contributed by atoms with van der Waals surface area (Å²) < 4.78 is 10.8. The van der Waals surface area contributed by atoms with Crippen molar-refractivity contribution < 1.29 is 13.6 Å². The van der Waals surface area contributed by atoms with Crippen molar-refractivity contribution >= 4 is 14.6 Å². The Kier molecular flexibility index (Phi) is 7.28. The quantitative estimate of drug-likeness (QED) is 0.571. The minimum Gasteiger partial charge on any atom is -0.398 e. The molecule has 0 bridgehead atoms. The summed E-state index contributed by atoms with van der Waals surface area (Å²) in [6.07, 6.45) is 0.850. The molecule has 2 N–H and O–H groups in total. The van der Waals surface area contributed by atoms with Crippen LogP contribution in [0.1, 0.15) is 12.0 Å². The fraction of sp³-hybridized carbons (Fsp3) is 0.500. The zero-order valence-electron chi connectivity index (χ0n) is 12.4. The minimum absolute atomic E-state index is 0.146. The van der Waals surface area contributed by atoms with E-state index in [1.165, 1.54) is 0 Å². The van der Waals surface area contributed by atoms with Crippen LogP contribution in [0.5, 0.6) is 0 Å². The van der Waals surface area contributed by atoms with Gasteiger partial charge in [-0.1, -0.05) is 30.3 Å². The Balaban J connectivity index is 2.15. The van der Waals surface area contributed by atoms with Crippen LogP contribution in [0.15, 0.2) is 30.3 Å². The van der Waals surface area contributed by atoms with Crippen LogP contribution in [0.2, 0.25) is 12.6 Å². The van der Waals surface area contributed by atoms with Gasteiger partial charge in [0.05, 0.1) is 0 Å². The third-order valence-electron chi connectivity index (χ3n) is 3.25. The van der Waals surface area contributed by atoms with Crippen LogP contribution in [0.3, 0.4) is 0 Å². The second-order valence-corrected chi connectivity index (χ2v) is 8.32. The molecule has 1 rings (SSSR count). The molecule has 0 aliphatic carbocycles. The summed E-state index contributed by atoms with van der Waals surface area (Å²) in [6.45, 7) is 3.17. The molecule has 0 spiro atoms. The number of carbonyl (C=O) groups is 1. The van der Waals surface area contributed by atoms with Crippen molar-refractivity contribution in [3.8, 4) is 0 Å². The van der Waals surface area contributed by atoms with Crippen LogP contribution in [0, 0.1) is 0 Å². The standard InChI is InChI=1S/C14H24N2O3Si/c1-18-20(3,19-2)11-7-10-15-14(17)16-12-13-8-5-4-6-9-13/h4-6,8-9H,7,10-12H2,1-3H3,(H2,15,16,17). The Morgan fingerprint density at radius 2 is 1.80 bits per heavy atom. The zero-order valence-corrected chi connectivity index (χ0v) is 13.4. The van der Waals surface area contributed by atoms with Gasteiger partial charge < -0.3 is 19.5 Å². The Bertz CT molecular complexity index is 397. The SMILES string of the molecule is CO[Si](C)(CCCNC(=O)NCc1ccccc1)OC. The number of carbonyl (C=O) groups excluding carboxylic acids is 1. The Morgan fingerprint density at radius 1 is 1.15 bits per heavy atom. The van der Waals surface area contributed by atoms with Crippen LogP contribution in [0.25, 0.3) is 0 Å². The lowest BCUT2D eigenvalue weighted by atomic mass is 10.2. The molecule has 112 valence electrons. The molecule has 5 nitrogen and oxygen atoms in total. The molecule has 0 unspecified atom stereocenters. The maximum absolute atomic E-state index is 11.6. The summed E-state index contributed by atoms with van der Waals surface area (Å²) in [5, 5.41) is 5.66. The van der Waals surface area contributed by atoms with Gasteiger partial charge in [-0.3, -0.25) is 0 Å². The smallest absolute Gasteiger partial charge is 0.334 e. The predicted molar refractivity (Wildman–Crippen MR) is 81.7 cm³/mol. The lowest BCUT2D eigenvalue weighted by Gasteiger charge is -2.22. The maximum atomic E-state index is 11.6. The molecule has 1 aromatic carbocycles. The summed E-state index contributed by atoms with van der Waals surface area (Å²) in [5.74, 6) is 0. The van der Waals surface area contributed by atoms with E-state index in [-0.39, 0.29) is 6.03 Å². The van der Waals surface area contributed by atoms with E-state index >= 15 is 0 Å². The number of rotatable bonds is 8. The Hall–Kier alpha value is -1.37. The van der Waals surface area contributed by atoms with Gasteiger partial charge in [-0.05, 0) is 24.6 Å². The average Bonchev–Trinajstić information content (AvgIpc) is 2.50. The van der Waals surface area contributed by atoms with Crippen molar-refractivity contribution in [3.05, 3.63) is 35.9 Å². The molecule has 0 atom stereocenters. The van der Waals surface area contributed by atoms with E-state index in [4.69, 9.17) is 8.85 Å². The molecular formula is C14H24N2O3Si. The van der Waals surface area contributed by atoms with E-state index < -0.39 is 8.56 Å². The lowest BCUT2D eigenvalue weighted by molar-refractivity contribution is 0.238. The number of nitrogens with one attached hydrogen (secondary N) is 2. The van der Waals surface area contributed by atoms with Gasteiger partial charge >= 0.3 is 14.6 Å². The normalized spacial score (nSPS) is 11.2. The van der Waals surface area contributed by atoms with E-state index in [1.54, 1.807) is 14.2 Å². The molecule has 20 heavy (non-hydrogen) atoms. The fourth-order valence-electron chi connectivity index (χ4n) is 1.74. The molecule has 0 saturated heterocycles. The van der Waals surface area contributed by atoms with E-state index in [9.17, 15) is 4.79 Å². The van der Waals surface area contributed by atoms with Gasteiger partial charge in [-0.2, -0.15) is 0 Å². The van der Waals surface area contributed by atoms with Crippen molar-refractivity contribution in [2.75, 3.05) is 20.8 Å². The van der Waals surface area contributed by atoms with Crippen molar-refractivity contribution in [2.24, 2.45) is 0 Å². The molecular weight excluding hydrogens is 272 g/mol. The fourth-order valence-corrected chi connectivity index (χ4v) is 3.13. The topological polar surface area (TPSA) is 59.6 Å². The third kappa shape index (κ3) is 6.18. The molecule has 0 aromatic heterocycles. The molecule has 0 fully saturated rings. The molecule has 0 aliphatic rings. The van der Waals surface area contributed by atoms with Crippen LogP contribution in [-0.4, -0.2) is 35.4 Å². The number of urea groups is 1. The van der Waals surface area contributed by atoms with Crippen molar-refractivity contribution in [1.29, 1.82) is 0 Å². The van der Waals surface area contributed by atoms with Gasteiger partial charge in [-0.25, -0.2) is 4.79 Å². The van der Waals surface area contributed by atoms with Crippen LogP contribution in [0.4, 0.5) is 4.79 Å². The van der Waals surface area contributed by atoms with E-state index in [0.717, 1.165) is 18.0 Å². The molecule has 2 amide bonds. The van der Waals surface area contributed by atoms with E-state index in [0.29, 0.717) is 13.1 Å². The number of hydrogen-bond donors (Lipinski definition) is 2. The summed E-state index contributed by atoms with van der Waals surface area (Å²) in [4.78, 5) is 11.6. The zero-order chi connectivity index (χ0) is 14.8. The first-order valence-electron chi connectivity index (χ1n) is 6.75. The number of amides is 2. The van der Waals surface area contributed by atoms with E-state index in [2.05, 4.69) is 10.6 Å². The van der Waals surface area contributed by atoms with Crippen LogP contribution in [-0.2, 0) is 15.4 Å². The Labute approximate surface area is 121 Å². The van der Waals surface area contributed by atoms with Crippen molar-refractivity contribution in [2.45, 2.75) is 25.6 Å². The van der Waals surface area contributed by atoms with Crippen molar-refractivity contribution in [3.63, 3.8) is 0 Å². The molecule has 0 radical (unpaired) electrons. The van der Waals surface area contributed by atoms with Gasteiger partial charge in [0, 0.05) is 27.3 Å². The van der Waals surface area contributed by atoms with E-state index in [1.807, 2.05) is 36.9 Å². The molecule has 0 aliphatic heterocycles. The molecule has 6 heteroatoms. The Morgan fingerprint density at radius 3 is 2.40 bits per heavy atom. The summed E-state index contributed by atoms with van der Waals surface area (Å²) in [6, 6.07) is 10.5. The highest BCUT2D eigenvalue weighted by Crippen LogP contribution is 2.12. The maximum Gasteiger partial charge on any atom is 0.334 e. The first kappa shape index (κ1) is 16.7. The first-order valence-corrected chi connectivity index (χ1v) is 9.28. The minimum atomic E-state index is -2.01.